The fraction of sp³-hybridized carbons (Fsp3) is 0.125. The fourth-order valence-electron chi connectivity index (χ4n) is 3.25. The van der Waals surface area contributed by atoms with Crippen LogP contribution in [0.5, 0.6) is 5.75 Å². The van der Waals surface area contributed by atoms with Crippen molar-refractivity contribution in [3.63, 3.8) is 0 Å². The van der Waals surface area contributed by atoms with Crippen LogP contribution in [0.4, 0.5) is 0 Å². The maximum absolute atomic E-state index is 13.3. The summed E-state index contributed by atoms with van der Waals surface area (Å²) in [5.41, 5.74) is 3.85. The van der Waals surface area contributed by atoms with Crippen molar-refractivity contribution in [1.82, 2.24) is 4.90 Å². The van der Waals surface area contributed by atoms with Crippen molar-refractivity contribution in [3.05, 3.63) is 107 Å². The first-order valence-corrected chi connectivity index (χ1v) is 9.09. The first kappa shape index (κ1) is 17.1. The molecule has 0 bridgehead atoms. The Morgan fingerprint density at radius 3 is 1.96 bits per heavy atom. The van der Waals surface area contributed by atoms with Crippen LogP contribution in [0.15, 0.2) is 90.5 Å². The number of nitrogens with zero attached hydrogens (tertiary/aromatic N) is 1. The molecule has 0 atom stereocenters. The Labute approximate surface area is 159 Å². The molecule has 27 heavy (non-hydrogen) atoms. The third-order valence-electron chi connectivity index (χ3n) is 4.63. The Kier molecular flexibility index (Phi) is 5.01. The minimum atomic E-state index is 0.0113. The molecule has 0 aliphatic carbocycles. The lowest BCUT2D eigenvalue weighted by Gasteiger charge is -2.26. The summed E-state index contributed by atoms with van der Waals surface area (Å²) in [6.45, 7) is 1.43. The molecule has 0 saturated carbocycles. The third kappa shape index (κ3) is 4.09. The highest BCUT2D eigenvalue weighted by Crippen LogP contribution is 2.27. The Balaban J connectivity index is 1.61. The van der Waals surface area contributed by atoms with Crippen molar-refractivity contribution < 1.29 is 9.53 Å². The van der Waals surface area contributed by atoms with Gasteiger partial charge in [-0.2, -0.15) is 0 Å². The molecule has 0 aromatic heterocycles. The second kappa shape index (κ2) is 7.92. The number of carbonyl (C=O) groups is 1. The van der Waals surface area contributed by atoms with Crippen molar-refractivity contribution >= 4 is 12.0 Å². The van der Waals surface area contributed by atoms with E-state index in [9.17, 15) is 4.79 Å². The number of hydrogen-bond donors (Lipinski definition) is 0. The van der Waals surface area contributed by atoms with Crippen molar-refractivity contribution in [2.24, 2.45) is 0 Å². The summed E-state index contributed by atoms with van der Waals surface area (Å²) in [5.74, 6) is 0.837. The summed E-state index contributed by atoms with van der Waals surface area (Å²) >= 11 is 0. The number of hydrogen-bond acceptors (Lipinski definition) is 2. The lowest BCUT2D eigenvalue weighted by atomic mass is 10.1. The molecule has 3 nitrogen and oxygen atoms in total. The first-order chi connectivity index (χ1) is 13.3. The second-order valence-electron chi connectivity index (χ2n) is 6.63. The maximum atomic E-state index is 13.3. The first-order valence-electron chi connectivity index (χ1n) is 9.09. The van der Waals surface area contributed by atoms with Gasteiger partial charge in [0, 0.05) is 18.7 Å². The lowest BCUT2D eigenvalue weighted by molar-refractivity contribution is -0.128. The Morgan fingerprint density at radius 1 is 0.778 bits per heavy atom. The number of rotatable bonds is 5. The van der Waals surface area contributed by atoms with Crippen LogP contribution in [0.3, 0.4) is 0 Å². The zero-order chi connectivity index (χ0) is 18.5. The summed E-state index contributed by atoms with van der Waals surface area (Å²) in [6, 6.07) is 28.0. The van der Waals surface area contributed by atoms with Gasteiger partial charge in [0.15, 0.2) is 0 Å². The van der Waals surface area contributed by atoms with Crippen LogP contribution in [0.25, 0.3) is 6.08 Å². The largest absolute Gasteiger partial charge is 0.488 e. The minimum Gasteiger partial charge on any atom is -0.488 e. The molecular formula is C24H21NO2. The predicted octanol–water partition coefficient (Wildman–Crippen LogP) is 4.69. The number of benzene rings is 3. The zero-order valence-electron chi connectivity index (χ0n) is 15.0. The van der Waals surface area contributed by atoms with E-state index in [4.69, 9.17) is 4.74 Å². The number of carbonyl (C=O) groups excluding carboxylic acids is 1. The quantitative estimate of drug-likeness (QED) is 0.664. The van der Waals surface area contributed by atoms with Crippen LogP contribution in [-0.4, -0.2) is 17.4 Å². The number of fused-ring (bicyclic) bond motifs is 1. The van der Waals surface area contributed by atoms with Crippen LogP contribution in [0, 0.1) is 0 Å². The topological polar surface area (TPSA) is 29.5 Å². The smallest absolute Gasteiger partial charge is 0.253 e. The standard InChI is InChI=1S/C24H21NO2/c26-24(22-15-21-13-7-8-14-23(21)27-18-22)25(16-19-9-3-1-4-10-19)17-20-11-5-2-6-12-20/h1-15H,16-18H2. The molecule has 1 heterocycles. The summed E-state index contributed by atoms with van der Waals surface area (Å²) in [6.07, 6.45) is 1.95. The van der Waals surface area contributed by atoms with E-state index in [-0.39, 0.29) is 5.91 Å². The molecule has 3 aromatic carbocycles. The molecule has 0 saturated heterocycles. The molecular weight excluding hydrogens is 334 g/mol. The SMILES string of the molecule is O=C(C1=Cc2ccccc2OC1)N(Cc1ccccc1)Cc1ccccc1. The molecule has 4 rings (SSSR count). The van der Waals surface area contributed by atoms with Gasteiger partial charge >= 0.3 is 0 Å². The number of ether oxygens (including phenoxy) is 1. The van der Waals surface area contributed by atoms with Crippen molar-refractivity contribution in [2.45, 2.75) is 13.1 Å². The normalized spacial score (nSPS) is 12.5. The molecule has 0 fully saturated rings. The van der Waals surface area contributed by atoms with Gasteiger partial charge in [0.1, 0.15) is 12.4 Å². The molecule has 3 heteroatoms. The third-order valence-corrected chi connectivity index (χ3v) is 4.63. The van der Waals surface area contributed by atoms with Gasteiger partial charge in [-0.3, -0.25) is 4.79 Å². The maximum Gasteiger partial charge on any atom is 0.253 e. The van der Waals surface area contributed by atoms with Gasteiger partial charge in [0.2, 0.25) is 0 Å². The van der Waals surface area contributed by atoms with E-state index >= 15 is 0 Å². The highest BCUT2D eigenvalue weighted by Gasteiger charge is 2.22. The van der Waals surface area contributed by atoms with Crippen LogP contribution in [0.1, 0.15) is 16.7 Å². The van der Waals surface area contributed by atoms with Crippen molar-refractivity contribution in [1.29, 1.82) is 0 Å². The van der Waals surface area contributed by atoms with Gasteiger partial charge in [-0.1, -0.05) is 78.9 Å². The van der Waals surface area contributed by atoms with E-state index in [1.54, 1.807) is 0 Å². The van der Waals surface area contributed by atoms with E-state index in [0.29, 0.717) is 25.3 Å². The molecule has 1 amide bonds. The summed E-state index contributed by atoms with van der Waals surface area (Å²) < 4.78 is 5.79. The van der Waals surface area contributed by atoms with Crippen LogP contribution >= 0.6 is 0 Å². The van der Waals surface area contributed by atoms with Crippen LogP contribution in [0.2, 0.25) is 0 Å². The van der Waals surface area contributed by atoms with E-state index in [1.807, 2.05) is 95.9 Å². The summed E-state index contributed by atoms with van der Waals surface area (Å²) in [7, 11) is 0. The molecule has 1 aliphatic rings. The minimum absolute atomic E-state index is 0.0113. The second-order valence-corrected chi connectivity index (χ2v) is 6.63. The lowest BCUT2D eigenvalue weighted by Crippen LogP contribution is -2.33. The summed E-state index contributed by atoms with van der Waals surface area (Å²) in [4.78, 5) is 15.2. The predicted molar refractivity (Wildman–Crippen MR) is 107 cm³/mol. The van der Waals surface area contributed by atoms with Crippen molar-refractivity contribution in [2.75, 3.05) is 6.61 Å². The average molecular weight is 355 g/mol. The van der Waals surface area contributed by atoms with E-state index in [0.717, 1.165) is 22.4 Å². The van der Waals surface area contributed by atoms with E-state index < -0.39 is 0 Å². The van der Waals surface area contributed by atoms with Gasteiger partial charge in [0.25, 0.3) is 5.91 Å². The van der Waals surface area contributed by atoms with Crippen LogP contribution in [-0.2, 0) is 17.9 Å². The molecule has 0 unspecified atom stereocenters. The molecule has 0 spiro atoms. The molecule has 1 aliphatic heterocycles. The van der Waals surface area contributed by atoms with Gasteiger partial charge < -0.3 is 9.64 Å². The van der Waals surface area contributed by atoms with E-state index in [1.165, 1.54) is 0 Å². The zero-order valence-corrected chi connectivity index (χ0v) is 15.0. The molecule has 0 radical (unpaired) electrons. The molecule has 0 N–H and O–H groups in total. The van der Waals surface area contributed by atoms with Crippen molar-refractivity contribution in [3.8, 4) is 5.75 Å². The Hall–Kier alpha value is -3.33. The summed E-state index contributed by atoms with van der Waals surface area (Å²) in [5, 5.41) is 0. The van der Waals surface area contributed by atoms with Gasteiger partial charge in [0.05, 0.1) is 5.57 Å². The van der Waals surface area contributed by atoms with Crippen LogP contribution < -0.4 is 4.74 Å². The highest BCUT2D eigenvalue weighted by atomic mass is 16.5. The van der Waals surface area contributed by atoms with E-state index in [2.05, 4.69) is 0 Å². The monoisotopic (exact) mass is 355 g/mol. The van der Waals surface area contributed by atoms with Gasteiger partial charge in [-0.05, 0) is 23.3 Å². The highest BCUT2D eigenvalue weighted by molar-refractivity contribution is 5.99. The fourth-order valence-corrected chi connectivity index (χ4v) is 3.25. The Bertz CT molecular complexity index is 907. The molecule has 134 valence electrons. The number of amides is 1. The Morgan fingerprint density at radius 2 is 1.33 bits per heavy atom. The molecule has 3 aromatic rings. The number of para-hydroxylation sites is 1. The van der Waals surface area contributed by atoms with Gasteiger partial charge in [-0.25, -0.2) is 0 Å². The average Bonchev–Trinajstić information content (AvgIpc) is 2.74. The van der Waals surface area contributed by atoms with Gasteiger partial charge in [-0.15, -0.1) is 0 Å².